The van der Waals surface area contributed by atoms with Crippen molar-refractivity contribution in [1.29, 1.82) is 0 Å². The maximum absolute atomic E-state index is 15.1. The largest absolute Gasteiger partial charge is 0.473 e. The summed E-state index contributed by atoms with van der Waals surface area (Å²) in [7, 11) is -4.47. The number of hydrogen-bond acceptors (Lipinski definition) is 9. The van der Waals surface area contributed by atoms with Crippen LogP contribution in [0.5, 0.6) is 17.4 Å². The number of carbonyl (C=O) groups excluding carboxylic acids is 1. The third kappa shape index (κ3) is 9.61. The fourth-order valence-electron chi connectivity index (χ4n) is 8.12. The highest BCUT2D eigenvalue weighted by molar-refractivity contribution is 7.90. The number of nitrogens with one attached hydrogen (secondary N) is 2. The predicted octanol–water partition coefficient (Wildman–Crippen LogP) is 9.46. The van der Waals surface area contributed by atoms with Crippen LogP contribution in [0.4, 0.5) is 10.1 Å². The van der Waals surface area contributed by atoms with Crippen molar-refractivity contribution in [3.05, 3.63) is 112 Å². The average molecular weight is 877 g/mol. The van der Waals surface area contributed by atoms with Crippen molar-refractivity contribution in [1.82, 2.24) is 19.6 Å². The Hall–Kier alpha value is -4.66. The lowest BCUT2D eigenvalue weighted by atomic mass is 9.72. The van der Waals surface area contributed by atoms with Crippen LogP contribution in [-0.2, 0) is 14.8 Å². The van der Waals surface area contributed by atoms with Gasteiger partial charge in [-0.1, -0.05) is 60.8 Å². The number of ether oxygens (including phenoxy) is 3. The first kappa shape index (κ1) is 42.0. The Bertz CT molecular complexity index is 2510. The molecule has 0 unspecified atom stereocenters. The zero-order chi connectivity index (χ0) is 42.1. The Kier molecular flexibility index (Phi) is 12.2. The van der Waals surface area contributed by atoms with Crippen LogP contribution in [0.25, 0.3) is 16.5 Å². The van der Waals surface area contributed by atoms with E-state index in [4.69, 9.17) is 37.4 Å². The first-order chi connectivity index (χ1) is 28.7. The quantitative estimate of drug-likeness (QED) is 0.126. The molecular formula is C45H48Cl2FN5O6S. The van der Waals surface area contributed by atoms with E-state index < -0.39 is 21.6 Å². The zero-order valence-electron chi connectivity index (χ0n) is 33.6. The van der Waals surface area contributed by atoms with E-state index in [1.165, 1.54) is 16.7 Å². The van der Waals surface area contributed by atoms with E-state index in [0.29, 0.717) is 5.75 Å². The number of aromatic nitrogens is 2. The second kappa shape index (κ2) is 17.4. The fraction of sp³-hybridized carbons (Fsp3) is 0.378. The molecule has 2 aromatic heterocycles. The summed E-state index contributed by atoms with van der Waals surface area (Å²) < 4.78 is 61.6. The second-order valence-corrected chi connectivity index (χ2v) is 19.1. The molecule has 11 nitrogen and oxygen atoms in total. The summed E-state index contributed by atoms with van der Waals surface area (Å²) in [6.45, 7) is 8.99. The average Bonchev–Trinajstić information content (AvgIpc) is 3.72. The second-order valence-electron chi connectivity index (χ2n) is 16.6. The number of hydrogen-bond donors (Lipinski definition) is 2. The van der Waals surface area contributed by atoms with Crippen molar-refractivity contribution in [2.45, 2.75) is 56.5 Å². The van der Waals surface area contributed by atoms with Crippen molar-refractivity contribution in [3.63, 3.8) is 0 Å². The van der Waals surface area contributed by atoms with E-state index in [2.05, 4.69) is 50.5 Å². The van der Waals surface area contributed by atoms with Gasteiger partial charge in [-0.15, -0.1) is 0 Å². The number of fused-ring (bicyclic) bond motifs is 1. The normalized spacial score (nSPS) is 18.4. The maximum atomic E-state index is 15.1. The number of sulfonamides is 1. The summed E-state index contributed by atoms with van der Waals surface area (Å²) in [5, 5.41) is 1.39. The first-order valence-electron chi connectivity index (χ1n) is 20.2. The number of carbonyl (C=O) groups is 1. The van der Waals surface area contributed by atoms with Crippen LogP contribution in [0.2, 0.25) is 10.0 Å². The number of benzene rings is 3. The Morgan fingerprint density at radius 1 is 0.967 bits per heavy atom. The molecule has 3 aromatic carbocycles. The molecule has 3 aliphatic rings. The van der Waals surface area contributed by atoms with Gasteiger partial charge in [-0.05, 0) is 84.3 Å². The summed E-state index contributed by atoms with van der Waals surface area (Å²) >= 11 is 12.6. The van der Waals surface area contributed by atoms with Crippen molar-refractivity contribution in [2.24, 2.45) is 5.41 Å². The molecule has 2 N–H and O–H groups in total. The van der Waals surface area contributed by atoms with Gasteiger partial charge in [0.15, 0.2) is 0 Å². The molecule has 15 heteroatoms. The first-order valence-corrected chi connectivity index (χ1v) is 22.4. The molecule has 4 heterocycles. The Morgan fingerprint density at radius 2 is 1.73 bits per heavy atom. The van der Waals surface area contributed by atoms with Gasteiger partial charge in [0, 0.05) is 92.7 Å². The highest BCUT2D eigenvalue weighted by Gasteiger charge is 2.34. The molecule has 5 aromatic rings. The number of amides is 1. The number of aromatic amines is 1. The topological polar surface area (TPSA) is 126 Å². The van der Waals surface area contributed by atoms with Crippen molar-refractivity contribution in [3.8, 4) is 17.4 Å². The lowest BCUT2D eigenvalue weighted by molar-refractivity contribution is -0.0331. The standard InChI is InChI=1S/C45H48Cl2FN5O6S/c1-44(2)14-12-31(37(26-44)30-6-8-32(46)9-7-30)28-52-18-20-53(21-19-52)33-10-11-36(41(24-33)59-40-5-3-4-39-35(40)13-17-49-39)42(54)51-60(55,56)34-25-38(47)43(50-27-34)58-29-45(48)15-22-57-23-16-45/h3-11,13,17,24-25,27,49H,12,14-16,18-23,26,28-29H2,1-2H3,(H,51,54). The van der Waals surface area contributed by atoms with Crippen LogP contribution in [0, 0.1) is 5.41 Å². The molecule has 0 bridgehead atoms. The summed E-state index contributed by atoms with van der Waals surface area (Å²) in [6.07, 6.45) is 6.36. The number of piperazine rings is 1. The van der Waals surface area contributed by atoms with Crippen LogP contribution in [0.3, 0.4) is 0 Å². The lowest BCUT2D eigenvalue weighted by Crippen LogP contribution is -2.47. The van der Waals surface area contributed by atoms with Gasteiger partial charge in [0.05, 0.1) is 11.8 Å². The summed E-state index contributed by atoms with van der Waals surface area (Å²) in [6, 6.07) is 21.9. The number of halogens is 3. The van der Waals surface area contributed by atoms with Gasteiger partial charge >= 0.3 is 0 Å². The number of pyridine rings is 1. The van der Waals surface area contributed by atoms with Gasteiger partial charge in [0.1, 0.15) is 33.7 Å². The molecule has 0 spiro atoms. The molecule has 60 heavy (non-hydrogen) atoms. The molecule has 1 aliphatic carbocycles. The van der Waals surface area contributed by atoms with Gasteiger partial charge in [-0.25, -0.2) is 22.5 Å². The number of nitrogens with zero attached hydrogens (tertiary/aromatic N) is 3. The van der Waals surface area contributed by atoms with Gasteiger partial charge in [0.2, 0.25) is 5.88 Å². The molecule has 1 amide bonds. The van der Waals surface area contributed by atoms with Crippen LogP contribution in [0.15, 0.2) is 95.7 Å². The molecule has 2 aliphatic heterocycles. The summed E-state index contributed by atoms with van der Waals surface area (Å²) in [5.41, 5.74) is 4.46. The van der Waals surface area contributed by atoms with E-state index in [1.54, 1.807) is 24.4 Å². The minimum absolute atomic E-state index is 0.0131. The lowest BCUT2D eigenvalue weighted by Gasteiger charge is -2.39. The van der Waals surface area contributed by atoms with E-state index in [1.807, 2.05) is 36.4 Å². The third-order valence-corrected chi connectivity index (χ3v) is 13.5. The Morgan fingerprint density at radius 3 is 2.48 bits per heavy atom. The van der Waals surface area contributed by atoms with E-state index >= 15 is 4.39 Å². The monoisotopic (exact) mass is 875 g/mol. The molecule has 8 rings (SSSR count). The molecular weight excluding hydrogens is 828 g/mol. The number of rotatable bonds is 12. The van der Waals surface area contributed by atoms with Crippen LogP contribution >= 0.6 is 23.2 Å². The van der Waals surface area contributed by atoms with Gasteiger partial charge in [-0.3, -0.25) is 9.69 Å². The number of H-pyrrole nitrogens is 1. The number of anilines is 1. The zero-order valence-corrected chi connectivity index (χ0v) is 35.9. The summed E-state index contributed by atoms with van der Waals surface area (Å²) in [4.78, 5) is 25.5. The van der Waals surface area contributed by atoms with Crippen LogP contribution in [0.1, 0.15) is 61.9 Å². The Labute approximate surface area is 359 Å². The number of alkyl halides is 1. The molecule has 0 radical (unpaired) electrons. The van der Waals surface area contributed by atoms with Crippen molar-refractivity contribution < 1.29 is 31.8 Å². The van der Waals surface area contributed by atoms with Gasteiger partial charge in [-0.2, -0.15) is 0 Å². The molecule has 316 valence electrons. The highest BCUT2D eigenvalue weighted by atomic mass is 35.5. The van der Waals surface area contributed by atoms with E-state index in [9.17, 15) is 13.2 Å². The minimum Gasteiger partial charge on any atom is -0.473 e. The van der Waals surface area contributed by atoms with Crippen molar-refractivity contribution in [2.75, 3.05) is 57.4 Å². The molecule has 0 saturated carbocycles. The number of allylic oxidation sites excluding steroid dienone is 1. The van der Waals surface area contributed by atoms with E-state index in [-0.39, 0.29) is 65.2 Å². The van der Waals surface area contributed by atoms with E-state index in [0.717, 1.165) is 85.9 Å². The fourth-order valence-corrected chi connectivity index (χ4v) is 9.47. The molecule has 2 fully saturated rings. The van der Waals surface area contributed by atoms with Gasteiger partial charge in [0.25, 0.3) is 15.9 Å². The van der Waals surface area contributed by atoms with Crippen LogP contribution < -0.4 is 19.1 Å². The van der Waals surface area contributed by atoms with Crippen molar-refractivity contribution >= 4 is 61.3 Å². The maximum Gasteiger partial charge on any atom is 0.268 e. The predicted molar refractivity (Wildman–Crippen MR) is 233 cm³/mol. The SMILES string of the molecule is CC1(C)CCC(CN2CCN(c3ccc(C(=O)NS(=O)(=O)c4cnc(OCC5(F)CCOCC5)c(Cl)c4)c(Oc4cccc5[nH]ccc45)c3)CC2)=C(c2ccc(Cl)cc2)C1. The molecule has 0 atom stereocenters. The van der Waals surface area contributed by atoms with Crippen LogP contribution in [-0.4, -0.2) is 87.4 Å². The highest BCUT2D eigenvalue weighted by Crippen LogP contribution is 2.44. The minimum atomic E-state index is -4.47. The summed E-state index contributed by atoms with van der Waals surface area (Å²) in [5.74, 6) is -0.338. The third-order valence-electron chi connectivity index (χ3n) is 11.7. The smallest absolute Gasteiger partial charge is 0.268 e. The molecule has 2 saturated heterocycles. The Balaban J connectivity index is 0.994. The van der Waals surface area contributed by atoms with Gasteiger partial charge < -0.3 is 24.1 Å².